The zero-order valence-electron chi connectivity index (χ0n) is 7.78. The predicted molar refractivity (Wildman–Crippen MR) is 51.4 cm³/mol. The minimum atomic E-state index is -0.407. The molecule has 1 aromatic heterocycles. The van der Waals surface area contributed by atoms with E-state index in [0.717, 1.165) is 5.56 Å². The lowest BCUT2D eigenvalue weighted by atomic mass is 10.3. The summed E-state index contributed by atoms with van der Waals surface area (Å²) in [4.78, 5) is 7.83. The number of nitrogens with one attached hydrogen (secondary N) is 1. The Hall–Kier alpha value is -1.36. The molecule has 1 atom stereocenters. The maximum atomic E-state index is 9.04. The molecule has 1 unspecified atom stereocenters. The zero-order valence-corrected chi connectivity index (χ0v) is 7.78. The van der Waals surface area contributed by atoms with Gasteiger partial charge in [0, 0.05) is 12.1 Å². The Labute approximate surface area is 77.0 Å². The first kappa shape index (κ1) is 9.73. The van der Waals surface area contributed by atoms with Crippen LogP contribution in [0.3, 0.4) is 0 Å². The molecular weight excluding hydrogens is 168 g/mol. The minimum absolute atomic E-state index is 0.407. The highest BCUT2D eigenvalue weighted by Gasteiger charge is 2.03. The smallest absolute Gasteiger partial charge is 0.134 e. The lowest BCUT2D eigenvalue weighted by Gasteiger charge is -2.10. The van der Waals surface area contributed by atoms with Crippen LogP contribution >= 0.6 is 0 Å². The van der Waals surface area contributed by atoms with Crippen molar-refractivity contribution >= 4 is 11.6 Å². The summed E-state index contributed by atoms with van der Waals surface area (Å²) >= 11 is 0. The van der Waals surface area contributed by atoms with Gasteiger partial charge in [-0.2, -0.15) is 0 Å². The normalized spacial score (nSPS) is 12.5. The number of nitrogen functional groups attached to an aromatic ring is 1. The van der Waals surface area contributed by atoms with E-state index in [1.54, 1.807) is 6.92 Å². The van der Waals surface area contributed by atoms with Gasteiger partial charge in [0.05, 0.1) is 6.10 Å². The summed E-state index contributed by atoms with van der Waals surface area (Å²) in [6, 6.07) is 0. The third-order valence-corrected chi connectivity index (χ3v) is 1.69. The zero-order chi connectivity index (χ0) is 9.84. The van der Waals surface area contributed by atoms with E-state index in [0.29, 0.717) is 18.2 Å². The maximum absolute atomic E-state index is 9.04. The molecule has 0 aromatic carbocycles. The van der Waals surface area contributed by atoms with Crippen molar-refractivity contribution in [3.05, 3.63) is 11.9 Å². The van der Waals surface area contributed by atoms with Gasteiger partial charge in [0.1, 0.15) is 18.0 Å². The molecule has 0 fully saturated rings. The van der Waals surface area contributed by atoms with Crippen LogP contribution in [0.2, 0.25) is 0 Å². The van der Waals surface area contributed by atoms with Gasteiger partial charge in [0.25, 0.3) is 0 Å². The van der Waals surface area contributed by atoms with Crippen LogP contribution in [0.15, 0.2) is 6.33 Å². The molecule has 0 saturated heterocycles. The summed E-state index contributed by atoms with van der Waals surface area (Å²) in [6.45, 7) is 3.99. The van der Waals surface area contributed by atoms with E-state index in [4.69, 9.17) is 10.8 Å². The van der Waals surface area contributed by atoms with E-state index >= 15 is 0 Å². The van der Waals surface area contributed by atoms with Gasteiger partial charge < -0.3 is 16.2 Å². The Morgan fingerprint density at radius 1 is 1.62 bits per heavy atom. The first-order valence-corrected chi connectivity index (χ1v) is 4.10. The summed E-state index contributed by atoms with van der Waals surface area (Å²) in [7, 11) is 0. The monoisotopic (exact) mass is 182 g/mol. The molecule has 0 saturated carbocycles. The van der Waals surface area contributed by atoms with E-state index in [1.807, 2.05) is 6.92 Å². The Morgan fingerprint density at radius 3 is 2.92 bits per heavy atom. The van der Waals surface area contributed by atoms with Crippen LogP contribution in [0, 0.1) is 6.92 Å². The molecule has 0 aliphatic carbocycles. The second kappa shape index (κ2) is 4.04. The average Bonchev–Trinajstić information content (AvgIpc) is 2.07. The number of aliphatic hydroxyl groups excluding tert-OH is 1. The Morgan fingerprint density at radius 2 is 2.31 bits per heavy atom. The number of hydrogen-bond acceptors (Lipinski definition) is 5. The van der Waals surface area contributed by atoms with Gasteiger partial charge in [-0.25, -0.2) is 9.97 Å². The fourth-order valence-electron chi connectivity index (χ4n) is 0.886. The number of hydrogen-bond donors (Lipinski definition) is 3. The Kier molecular flexibility index (Phi) is 3.02. The van der Waals surface area contributed by atoms with E-state index in [1.165, 1.54) is 6.33 Å². The van der Waals surface area contributed by atoms with Crippen LogP contribution in [-0.4, -0.2) is 27.7 Å². The summed E-state index contributed by atoms with van der Waals surface area (Å²) in [5.74, 6) is 1.14. The van der Waals surface area contributed by atoms with Crippen molar-refractivity contribution in [1.29, 1.82) is 0 Å². The second-order valence-electron chi connectivity index (χ2n) is 2.96. The third-order valence-electron chi connectivity index (χ3n) is 1.69. The number of rotatable bonds is 3. The number of aliphatic hydroxyl groups is 1. The van der Waals surface area contributed by atoms with Gasteiger partial charge in [-0.15, -0.1) is 0 Å². The maximum Gasteiger partial charge on any atom is 0.134 e. The molecule has 0 aliphatic heterocycles. The van der Waals surface area contributed by atoms with Crippen LogP contribution in [0.1, 0.15) is 12.5 Å². The molecule has 0 spiro atoms. The standard InChI is InChI=1S/C8H14N4O/c1-5(13)3-10-8-6(2)7(9)11-4-12-8/h4-5,13H,3H2,1-2H3,(H3,9,10,11,12). The van der Waals surface area contributed by atoms with Crippen molar-refractivity contribution < 1.29 is 5.11 Å². The summed E-state index contributed by atoms with van der Waals surface area (Å²) < 4.78 is 0. The second-order valence-corrected chi connectivity index (χ2v) is 2.96. The molecular formula is C8H14N4O. The first-order valence-electron chi connectivity index (χ1n) is 4.10. The van der Waals surface area contributed by atoms with Crippen LogP contribution in [-0.2, 0) is 0 Å². The highest BCUT2D eigenvalue weighted by Crippen LogP contribution is 2.14. The molecule has 5 heteroatoms. The van der Waals surface area contributed by atoms with Crippen LogP contribution in [0.4, 0.5) is 11.6 Å². The summed E-state index contributed by atoms with van der Waals surface area (Å²) in [6.07, 6.45) is 0.989. The van der Waals surface area contributed by atoms with Gasteiger partial charge in [0.2, 0.25) is 0 Å². The molecule has 1 heterocycles. The van der Waals surface area contributed by atoms with Crippen molar-refractivity contribution in [1.82, 2.24) is 9.97 Å². The molecule has 1 aromatic rings. The third kappa shape index (κ3) is 2.55. The largest absolute Gasteiger partial charge is 0.392 e. The topological polar surface area (TPSA) is 84.1 Å². The fraction of sp³-hybridized carbons (Fsp3) is 0.500. The molecule has 0 amide bonds. The van der Waals surface area contributed by atoms with E-state index in [9.17, 15) is 0 Å². The Bertz CT molecular complexity index is 287. The van der Waals surface area contributed by atoms with Gasteiger partial charge in [-0.1, -0.05) is 0 Å². The van der Waals surface area contributed by atoms with Crippen LogP contribution in [0.25, 0.3) is 0 Å². The van der Waals surface area contributed by atoms with Crippen LogP contribution in [0.5, 0.6) is 0 Å². The highest BCUT2D eigenvalue weighted by atomic mass is 16.3. The summed E-state index contributed by atoms with van der Waals surface area (Å²) in [5, 5.41) is 12.0. The molecule has 5 nitrogen and oxygen atoms in total. The van der Waals surface area contributed by atoms with E-state index < -0.39 is 6.10 Å². The Balaban J connectivity index is 2.71. The van der Waals surface area contributed by atoms with Gasteiger partial charge >= 0.3 is 0 Å². The molecule has 1 rings (SSSR count). The van der Waals surface area contributed by atoms with E-state index in [-0.39, 0.29) is 0 Å². The molecule has 0 radical (unpaired) electrons. The van der Waals surface area contributed by atoms with Crippen molar-refractivity contribution in [2.24, 2.45) is 0 Å². The average molecular weight is 182 g/mol. The highest BCUT2D eigenvalue weighted by molar-refractivity contribution is 5.53. The quantitative estimate of drug-likeness (QED) is 0.620. The molecule has 13 heavy (non-hydrogen) atoms. The SMILES string of the molecule is Cc1c(N)ncnc1NCC(C)O. The molecule has 72 valence electrons. The van der Waals surface area contributed by atoms with Gasteiger partial charge in [-0.3, -0.25) is 0 Å². The lowest BCUT2D eigenvalue weighted by molar-refractivity contribution is 0.208. The van der Waals surface area contributed by atoms with Gasteiger partial charge in [0.15, 0.2) is 0 Å². The number of nitrogens with two attached hydrogens (primary N) is 1. The first-order chi connectivity index (χ1) is 6.11. The van der Waals surface area contributed by atoms with Crippen LogP contribution < -0.4 is 11.1 Å². The predicted octanol–water partition coefficient (Wildman–Crippen LogP) is 0.160. The van der Waals surface area contributed by atoms with Crippen molar-refractivity contribution in [2.45, 2.75) is 20.0 Å². The van der Waals surface area contributed by atoms with E-state index in [2.05, 4.69) is 15.3 Å². The number of anilines is 2. The fourth-order valence-corrected chi connectivity index (χ4v) is 0.886. The van der Waals surface area contributed by atoms with Crippen molar-refractivity contribution in [3.63, 3.8) is 0 Å². The molecule has 0 aliphatic rings. The van der Waals surface area contributed by atoms with Crippen molar-refractivity contribution in [2.75, 3.05) is 17.6 Å². The minimum Gasteiger partial charge on any atom is -0.392 e. The summed E-state index contributed by atoms with van der Waals surface area (Å²) in [5.41, 5.74) is 6.38. The molecule has 4 N–H and O–H groups in total. The number of aromatic nitrogens is 2. The van der Waals surface area contributed by atoms with Gasteiger partial charge in [-0.05, 0) is 13.8 Å². The number of nitrogens with zero attached hydrogens (tertiary/aromatic N) is 2. The lowest BCUT2D eigenvalue weighted by Crippen LogP contribution is -2.17. The molecule has 0 bridgehead atoms. The van der Waals surface area contributed by atoms with Crippen molar-refractivity contribution in [3.8, 4) is 0 Å².